The number of pyridine rings is 1. The minimum atomic E-state index is -0.586. The molecular weight excluding hydrogens is 400 g/mol. The fourth-order valence-electron chi connectivity index (χ4n) is 3.58. The van der Waals surface area contributed by atoms with Gasteiger partial charge < -0.3 is 9.73 Å². The molecule has 5 rings (SSSR count). The van der Waals surface area contributed by atoms with Crippen molar-refractivity contribution in [2.24, 2.45) is 0 Å². The Morgan fingerprint density at radius 2 is 2.00 bits per heavy atom. The summed E-state index contributed by atoms with van der Waals surface area (Å²) in [5, 5.41) is 7.21. The molecule has 1 saturated carbocycles. The first-order valence-electron chi connectivity index (χ1n) is 10.1. The molecule has 0 aliphatic heterocycles. The quantitative estimate of drug-likeness (QED) is 0.480. The van der Waals surface area contributed by atoms with Crippen molar-refractivity contribution in [3.8, 4) is 11.4 Å². The van der Waals surface area contributed by atoms with Crippen LogP contribution in [0, 0.1) is 0 Å². The standard InChI is InChI=1S/C21H20N6O4/c28-18(13-25-16-5-1-2-6-17(16)31-21(25)30)23-10-11-26-20(29)27(15-7-8-15)19(24-26)14-4-3-9-22-12-14/h1-6,9,12,15H,7-8,10-11,13H2,(H,23,28). The molecule has 31 heavy (non-hydrogen) atoms. The average Bonchev–Trinajstić information content (AvgIpc) is 3.50. The number of nitrogens with one attached hydrogen (secondary N) is 1. The second kappa shape index (κ2) is 7.71. The molecule has 1 amide bonds. The number of amides is 1. The number of carbonyl (C=O) groups is 1. The highest BCUT2D eigenvalue weighted by Crippen LogP contribution is 2.36. The minimum Gasteiger partial charge on any atom is -0.408 e. The summed E-state index contributed by atoms with van der Waals surface area (Å²) in [6.07, 6.45) is 5.25. The van der Waals surface area contributed by atoms with Crippen LogP contribution in [0.4, 0.5) is 0 Å². The molecule has 158 valence electrons. The molecule has 10 heteroatoms. The predicted molar refractivity (Wildman–Crippen MR) is 111 cm³/mol. The zero-order chi connectivity index (χ0) is 21.4. The van der Waals surface area contributed by atoms with E-state index >= 15 is 0 Å². The first-order valence-corrected chi connectivity index (χ1v) is 10.1. The van der Waals surface area contributed by atoms with Crippen LogP contribution in [0.1, 0.15) is 18.9 Å². The minimum absolute atomic E-state index is 0.160. The number of carbonyl (C=O) groups excluding carboxylic acids is 1. The Labute approximate surface area is 175 Å². The molecule has 0 bridgehead atoms. The summed E-state index contributed by atoms with van der Waals surface area (Å²) in [4.78, 5) is 41.3. The average molecular weight is 420 g/mol. The van der Waals surface area contributed by atoms with Gasteiger partial charge in [-0.2, -0.15) is 0 Å². The molecule has 10 nitrogen and oxygen atoms in total. The lowest BCUT2D eigenvalue weighted by Gasteiger charge is -2.05. The lowest BCUT2D eigenvalue weighted by Crippen LogP contribution is -2.35. The van der Waals surface area contributed by atoms with Crippen LogP contribution in [0.25, 0.3) is 22.5 Å². The highest BCUT2D eigenvalue weighted by molar-refractivity contribution is 5.79. The number of benzene rings is 1. The molecule has 3 aromatic heterocycles. The van der Waals surface area contributed by atoms with Gasteiger partial charge in [0.15, 0.2) is 11.4 Å². The van der Waals surface area contributed by atoms with Crippen LogP contribution in [0.2, 0.25) is 0 Å². The highest BCUT2D eigenvalue weighted by Gasteiger charge is 2.30. The van der Waals surface area contributed by atoms with Gasteiger partial charge in [0.1, 0.15) is 6.54 Å². The van der Waals surface area contributed by atoms with Crippen LogP contribution < -0.4 is 16.8 Å². The Kier molecular flexibility index (Phi) is 4.73. The van der Waals surface area contributed by atoms with Gasteiger partial charge in [0.25, 0.3) is 0 Å². The number of aromatic nitrogens is 5. The van der Waals surface area contributed by atoms with E-state index in [1.54, 1.807) is 47.3 Å². The predicted octanol–water partition coefficient (Wildman–Crippen LogP) is 1.17. The fourth-order valence-corrected chi connectivity index (χ4v) is 3.58. The SMILES string of the molecule is O=C(Cn1c(=O)oc2ccccc21)NCCn1nc(-c2cccnc2)n(C2CC2)c1=O. The van der Waals surface area contributed by atoms with Gasteiger partial charge in [-0.15, -0.1) is 5.10 Å². The maximum atomic E-state index is 12.8. The van der Waals surface area contributed by atoms with Crippen LogP contribution in [0.15, 0.2) is 62.8 Å². The Morgan fingerprint density at radius 3 is 2.77 bits per heavy atom. The van der Waals surface area contributed by atoms with E-state index in [9.17, 15) is 14.4 Å². The van der Waals surface area contributed by atoms with Crippen LogP contribution >= 0.6 is 0 Å². The number of hydrogen-bond donors (Lipinski definition) is 1. The topological polar surface area (TPSA) is 117 Å². The fraction of sp³-hybridized carbons (Fsp3) is 0.286. The normalized spacial score (nSPS) is 13.5. The van der Waals surface area contributed by atoms with Crippen molar-refractivity contribution in [1.29, 1.82) is 0 Å². The number of rotatable bonds is 7. The monoisotopic (exact) mass is 420 g/mol. The van der Waals surface area contributed by atoms with Crippen LogP contribution in [0.3, 0.4) is 0 Å². The third-order valence-corrected chi connectivity index (χ3v) is 5.22. The number of hydrogen-bond acceptors (Lipinski definition) is 6. The van der Waals surface area contributed by atoms with Gasteiger partial charge in [0.2, 0.25) is 5.91 Å². The first kappa shape index (κ1) is 19.0. The van der Waals surface area contributed by atoms with Gasteiger partial charge in [-0.3, -0.25) is 18.9 Å². The van der Waals surface area contributed by atoms with Crippen molar-refractivity contribution < 1.29 is 9.21 Å². The van der Waals surface area contributed by atoms with Crippen molar-refractivity contribution in [3.63, 3.8) is 0 Å². The zero-order valence-electron chi connectivity index (χ0n) is 16.6. The van der Waals surface area contributed by atoms with E-state index < -0.39 is 5.76 Å². The number of para-hydroxylation sites is 2. The molecule has 1 fully saturated rings. The molecule has 0 radical (unpaired) electrons. The van der Waals surface area contributed by atoms with Crippen LogP contribution in [-0.4, -0.2) is 36.4 Å². The summed E-state index contributed by atoms with van der Waals surface area (Å²) < 4.78 is 9.48. The number of nitrogens with zero attached hydrogens (tertiary/aromatic N) is 5. The molecule has 1 aromatic carbocycles. The Hall–Kier alpha value is -3.95. The molecule has 3 heterocycles. The lowest BCUT2D eigenvalue weighted by molar-refractivity contribution is -0.121. The van der Waals surface area contributed by atoms with Gasteiger partial charge in [0, 0.05) is 30.5 Å². The van der Waals surface area contributed by atoms with Crippen LogP contribution in [0.5, 0.6) is 0 Å². The zero-order valence-corrected chi connectivity index (χ0v) is 16.6. The van der Waals surface area contributed by atoms with Crippen LogP contribution in [-0.2, 0) is 17.9 Å². The maximum absolute atomic E-state index is 12.8. The molecule has 1 aliphatic rings. The van der Waals surface area contributed by atoms with Crippen molar-refractivity contribution in [1.82, 2.24) is 29.2 Å². The van der Waals surface area contributed by atoms with Crippen molar-refractivity contribution in [3.05, 3.63) is 69.8 Å². The maximum Gasteiger partial charge on any atom is 0.420 e. The van der Waals surface area contributed by atoms with Gasteiger partial charge >= 0.3 is 11.4 Å². The summed E-state index contributed by atoms with van der Waals surface area (Å²) in [6.45, 7) is 0.262. The molecule has 0 atom stereocenters. The molecular formula is C21H20N6O4. The van der Waals surface area contributed by atoms with E-state index in [2.05, 4.69) is 15.4 Å². The van der Waals surface area contributed by atoms with Gasteiger partial charge in [-0.25, -0.2) is 14.3 Å². The summed E-state index contributed by atoms with van der Waals surface area (Å²) >= 11 is 0. The van der Waals surface area contributed by atoms with E-state index in [-0.39, 0.29) is 37.3 Å². The molecule has 0 saturated heterocycles. The van der Waals surface area contributed by atoms with E-state index in [0.29, 0.717) is 16.9 Å². The summed E-state index contributed by atoms with van der Waals surface area (Å²) in [6, 6.07) is 10.8. The smallest absolute Gasteiger partial charge is 0.408 e. The van der Waals surface area contributed by atoms with Gasteiger partial charge in [-0.05, 0) is 37.1 Å². The Balaban J connectivity index is 1.28. The summed E-state index contributed by atoms with van der Waals surface area (Å²) in [5.74, 6) is -0.351. The summed E-state index contributed by atoms with van der Waals surface area (Å²) in [5.41, 5.74) is 1.57. The van der Waals surface area contributed by atoms with Crippen molar-refractivity contribution in [2.45, 2.75) is 32.0 Å². The third-order valence-electron chi connectivity index (χ3n) is 5.22. The largest absolute Gasteiger partial charge is 0.420 e. The highest BCUT2D eigenvalue weighted by atomic mass is 16.4. The van der Waals surface area contributed by atoms with E-state index in [4.69, 9.17) is 4.42 Å². The van der Waals surface area contributed by atoms with E-state index in [1.807, 2.05) is 6.07 Å². The van der Waals surface area contributed by atoms with Crippen molar-refractivity contribution in [2.75, 3.05) is 6.54 Å². The lowest BCUT2D eigenvalue weighted by atomic mass is 10.3. The second-order valence-corrected chi connectivity index (χ2v) is 7.44. The second-order valence-electron chi connectivity index (χ2n) is 7.44. The molecule has 1 N–H and O–H groups in total. The molecule has 0 spiro atoms. The summed E-state index contributed by atoms with van der Waals surface area (Å²) in [7, 11) is 0. The molecule has 0 unspecified atom stereocenters. The van der Waals surface area contributed by atoms with E-state index in [1.165, 1.54) is 9.25 Å². The number of fused-ring (bicyclic) bond motifs is 1. The Morgan fingerprint density at radius 1 is 1.16 bits per heavy atom. The van der Waals surface area contributed by atoms with Gasteiger partial charge in [0.05, 0.1) is 12.1 Å². The first-order chi connectivity index (χ1) is 15.1. The van der Waals surface area contributed by atoms with Gasteiger partial charge in [-0.1, -0.05) is 12.1 Å². The third kappa shape index (κ3) is 3.67. The number of oxazole rings is 1. The Bertz CT molecular complexity index is 1360. The van der Waals surface area contributed by atoms with Crippen molar-refractivity contribution >= 4 is 17.0 Å². The molecule has 1 aliphatic carbocycles. The molecule has 4 aromatic rings. The van der Waals surface area contributed by atoms with E-state index in [0.717, 1.165) is 18.4 Å².